The molecule has 2 aromatic carbocycles. The number of nitrogens with zero attached hydrogens (tertiary/aromatic N) is 1. The van der Waals surface area contributed by atoms with Crippen LogP contribution in [0.3, 0.4) is 0 Å². The molecule has 27 heavy (non-hydrogen) atoms. The second kappa shape index (κ2) is 8.60. The molecule has 0 radical (unpaired) electrons. The number of benzene rings is 2. The molecule has 6 heteroatoms. The second-order valence-electron chi connectivity index (χ2n) is 6.04. The van der Waals surface area contributed by atoms with Gasteiger partial charge in [-0.1, -0.05) is 30.3 Å². The Hall–Kier alpha value is -2.99. The fourth-order valence-electron chi connectivity index (χ4n) is 2.46. The Morgan fingerprint density at radius 1 is 1.07 bits per heavy atom. The summed E-state index contributed by atoms with van der Waals surface area (Å²) in [5, 5.41) is 3.80. The molecule has 3 rings (SSSR count). The molecule has 1 N–H and O–H groups in total. The van der Waals surface area contributed by atoms with Crippen LogP contribution in [0.2, 0.25) is 0 Å². The molecule has 0 aliphatic heterocycles. The summed E-state index contributed by atoms with van der Waals surface area (Å²) in [4.78, 5) is 28.9. The number of amides is 1. The van der Waals surface area contributed by atoms with Gasteiger partial charge in [-0.25, -0.2) is 4.98 Å². The van der Waals surface area contributed by atoms with Crippen LogP contribution in [0.4, 0.5) is 0 Å². The summed E-state index contributed by atoms with van der Waals surface area (Å²) in [6, 6.07) is 16.7. The average Bonchev–Trinajstić information content (AvgIpc) is 3.06. The predicted molar refractivity (Wildman–Crippen MR) is 106 cm³/mol. The van der Waals surface area contributed by atoms with Crippen LogP contribution in [0.25, 0.3) is 10.6 Å². The van der Waals surface area contributed by atoms with Gasteiger partial charge in [0.2, 0.25) is 0 Å². The van der Waals surface area contributed by atoms with Crippen molar-refractivity contribution in [2.24, 2.45) is 0 Å². The third-order valence-electron chi connectivity index (χ3n) is 3.99. The molecule has 3 aromatic rings. The summed E-state index contributed by atoms with van der Waals surface area (Å²) in [5.41, 5.74) is 2.60. The van der Waals surface area contributed by atoms with E-state index < -0.39 is 0 Å². The number of aryl methyl sites for hydroxylation is 1. The van der Waals surface area contributed by atoms with Crippen molar-refractivity contribution in [2.45, 2.75) is 20.4 Å². The molecule has 0 unspecified atom stereocenters. The number of Topliss-reactive ketones (excluding diaryl/α,β-unsaturated/α-hetero) is 1. The lowest BCUT2D eigenvalue weighted by molar-refractivity contribution is -0.123. The summed E-state index contributed by atoms with van der Waals surface area (Å²) in [7, 11) is 0. The van der Waals surface area contributed by atoms with Crippen molar-refractivity contribution in [1.29, 1.82) is 0 Å². The van der Waals surface area contributed by atoms with Crippen molar-refractivity contribution >= 4 is 23.0 Å². The molecule has 0 spiro atoms. The van der Waals surface area contributed by atoms with E-state index in [1.165, 1.54) is 6.92 Å². The van der Waals surface area contributed by atoms with Gasteiger partial charge in [0.25, 0.3) is 5.91 Å². The Kier molecular flexibility index (Phi) is 5.98. The molecule has 0 fully saturated rings. The van der Waals surface area contributed by atoms with Gasteiger partial charge in [-0.3, -0.25) is 9.59 Å². The molecular weight excluding hydrogens is 360 g/mol. The highest BCUT2D eigenvalue weighted by Gasteiger charge is 2.11. The number of aromatic nitrogens is 1. The normalized spacial score (nSPS) is 10.4. The summed E-state index contributed by atoms with van der Waals surface area (Å²) in [5.74, 6) is 0.337. The molecule has 5 nitrogen and oxygen atoms in total. The topological polar surface area (TPSA) is 68.3 Å². The number of thiazole rings is 1. The van der Waals surface area contributed by atoms with E-state index >= 15 is 0 Å². The van der Waals surface area contributed by atoms with Crippen LogP contribution in [0.15, 0.2) is 54.6 Å². The zero-order valence-electron chi connectivity index (χ0n) is 15.2. The Labute approximate surface area is 162 Å². The van der Waals surface area contributed by atoms with Crippen LogP contribution in [0.5, 0.6) is 5.75 Å². The number of carbonyl (C=O) groups excluding carboxylic acids is 2. The van der Waals surface area contributed by atoms with E-state index in [4.69, 9.17) is 4.74 Å². The maximum atomic E-state index is 12.0. The lowest BCUT2D eigenvalue weighted by Gasteiger charge is -2.07. The number of ketones is 1. The van der Waals surface area contributed by atoms with Crippen LogP contribution < -0.4 is 10.1 Å². The fourth-order valence-corrected chi connectivity index (χ4v) is 3.47. The maximum absolute atomic E-state index is 12.0. The minimum absolute atomic E-state index is 0.00547. The highest BCUT2D eigenvalue weighted by Crippen LogP contribution is 2.27. The van der Waals surface area contributed by atoms with Gasteiger partial charge in [-0.15, -0.1) is 11.3 Å². The number of rotatable bonds is 7. The number of hydrogen-bond donors (Lipinski definition) is 1. The van der Waals surface area contributed by atoms with Gasteiger partial charge >= 0.3 is 0 Å². The van der Waals surface area contributed by atoms with Gasteiger partial charge in [0, 0.05) is 16.0 Å². The number of ether oxygens (including phenoxy) is 1. The first-order valence-electron chi connectivity index (χ1n) is 8.55. The van der Waals surface area contributed by atoms with Crippen molar-refractivity contribution in [3.63, 3.8) is 0 Å². The van der Waals surface area contributed by atoms with Crippen molar-refractivity contribution in [1.82, 2.24) is 10.3 Å². The largest absolute Gasteiger partial charge is 0.484 e. The lowest BCUT2D eigenvalue weighted by Crippen LogP contribution is -2.28. The van der Waals surface area contributed by atoms with Gasteiger partial charge in [-0.05, 0) is 38.1 Å². The quantitative estimate of drug-likeness (QED) is 0.629. The molecule has 1 amide bonds. The molecule has 0 saturated heterocycles. The first-order valence-corrected chi connectivity index (χ1v) is 9.37. The molecule has 138 valence electrons. The van der Waals surface area contributed by atoms with Gasteiger partial charge in [-0.2, -0.15) is 0 Å². The fraction of sp³-hybridized carbons (Fsp3) is 0.190. The summed E-state index contributed by atoms with van der Waals surface area (Å²) < 4.78 is 5.46. The molecule has 1 heterocycles. The third kappa shape index (κ3) is 5.01. The predicted octanol–water partition coefficient (Wildman–Crippen LogP) is 4.02. The van der Waals surface area contributed by atoms with Gasteiger partial charge < -0.3 is 10.1 Å². The zero-order valence-corrected chi connectivity index (χ0v) is 16.0. The lowest BCUT2D eigenvalue weighted by atomic mass is 10.1. The Balaban J connectivity index is 1.52. The van der Waals surface area contributed by atoms with E-state index in [2.05, 4.69) is 10.3 Å². The highest BCUT2D eigenvalue weighted by atomic mass is 32.1. The van der Waals surface area contributed by atoms with Crippen molar-refractivity contribution in [3.8, 4) is 16.3 Å². The molecule has 0 atom stereocenters. The Bertz CT molecular complexity index is 934. The Morgan fingerprint density at radius 2 is 1.78 bits per heavy atom. The third-order valence-corrected chi connectivity index (χ3v) is 5.20. The van der Waals surface area contributed by atoms with E-state index in [9.17, 15) is 9.59 Å². The highest BCUT2D eigenvalue weighted by molar-refractivity contribution is 7.15. The summed E-state index contributed by atoms with van der Waals surface area (Å²) in [6.45, 7) is 3.79. The maximum Gasteiger partial charge on any atom is 0.258 e. The minimum Gasteiger partial charge on any atom is -0.484 e. The molecule has 1 aromatic heterocycles. The van der Waals surface area contributed by atoms with E-state index in [0.29, 0.717) is 17.9 Å². The monoisotopic (exact) mass is 380 g/mol. The van der Waals surface area contributed by atoms with Crippen LogP contribution in [-0.4, -0.2) is 23.3 Å². The number of hydrogen-bond acceptors (Lipinski definition) is 5. The van der Waals surface area contributed by atoms with E-state index in [1.807, 2.05) is 37.3 Å². The van der Waals surface area contributed by atoms with Gasteiger partial charge in [0.1, 0.15) is 10.8 Å². The van der Waals surface area contributed by atoms with Crippen LogP contribution in [-0.2, 0) is 11.3 Å². The standard InChI is InChI=1S/C21H20N2O3S/c1-14-19(27-21(23-14)17-6-4-3-5-7-17)12-22-20(25)13-26-18-10-8-16(9-11-18)15(2)24/h3-11H,12-13H2,1-2H3,(H,22,25). The number of nitrogens with one attached hydrogen (secondary N) is 1. The molecular formula is C21H20N2O3S. The van der Waals surface area contributed by atoms with E-state index in [-0.39, 0.29) is 18.3 Å². The first kappa shape index (κ1) is 18.8. The minimum atomic E-state index is -0.209. The zero-order chi connectivity index (χ0) is 19.2. The second-order valence-corrected chi connectivity index (χ2v) is 7.12. The van der Waals surface area contributed by atoms with Crippen LogP contribution >= 0.6 is 11.3 Å². The Morgan fingerprint density at radius 3 is 2.44 bits per heavy atom. The van der Waals surface area contributed by atoms with Crippen molar-refractivity contribution in [3.05, 3.63) is 70.7 Å². The van der Waals surface area contributed by atoms with E-state index in [0.717, 1.165) is 21.1 Å². The van der Waals surface area contributed by atoms with Crippen LogP contribution in [0.1, 0.15) is 27.9 Å². The van der Waals surface area contributed by atoms with E-state index in [1.54, 1.807) is 35.6 Å². The van der Waals surface area contributed by atoms with Crippen molar-refractivity contribution in [2.75, 3.05) is 6.61 Å². The van der Waals surface area contributed by atoms with Crippen molar-refractivity contribution < 1.29 is 14.3 Å². The molecule has 0 saturated carbocycles. The smallest absolute Gasteiger partial charge is 0.258 e. The van der Waals surface area contributed by atoms with Gasteiger partial charge in [0.15, 0.2) is 12.4 Å². The van der Waals surface area contributed by atoms with Gasteiger partial charge in [0.05, 0.1) is 12.2 Å². The van der Waals surface area contributed by atoms with Crippen LogP contribution in [0, 0.1) is 6.92 Å². The average molecular weight is 380 g/mol. The first-order chi connectivity index (χ1) is 13.0. The summed E-state index contributed by atoms with van der Waals surface area (Å²) in [6.07, 6.45) is 0. The summed E-state index contributed by atoms with van der Waals surface area (Å²) >= 11 is 1.57. The number of carbonyl (C=O) groups is 2. The molecule has 0 aliphatic rings. The molecule has 0 aliphatic carbocycles. The molecule has 0 bridgehead atoms. The SMILES string of the molecule is CC(=O)c1ccc(OCC(=O)NCc2sc(-c3ccccc3)nc2C)cc1.